The van der Waals surface area contributed by atoms with Crippen molar-refractivity contribution in [2.75, 3.05) is 0 Å². The zero-order valence-electron chi connectivity index (χ0n) is 12.3. The highest BCUT2D eigenvalue weighted by Gasteiger charge is 2.09. The van der Waals surface area contributed by atoms with Gasteiger partial charge in [0.2, 0.25) is 0 Å². The molecule has 0 N–H and O–H groups in total. The Balaban J connectivity index is 0.000000429. The Labute approximate surface area is 134 Å². The lowest BCUT2D eigenvalue weighted by Gasteiger charge is -2.07. The molecule has 1 aliphatic carbocycles. The van der Waals surface area contributed by atoms with E-state index in [1.807, 2.05) is 41.8 Å². The molecule has 0 aliphatic heterocycles. The average molecular weight is 310 g/mol. The van der Waals surface area contributed by atoms with E-state index in [9.17, 15) is 4.79 Å². The summed E-state index contributed by atoms with van der Waals surface area (Å²) in [7, 11) is 0. The summed E-state index contributed by atoms with van der Waals surface area (Å²) in [6, 6.07) is 17.7. The van der Waals surface area contributed by atoms with Crippen LogP contribution in [0.3, 0.4) is 0 Å². The third-order valence-corrected chi connectivity index (χ3v) is 4.16. The average Bonchev–Trinajstić information content (AvgIpc) is 3.35. The number of rotatable bonds is 3. The smallest absolute Gasteiger partial charge is 0.348 e. The van der Waals surface area contributed by atoms with E-state index in [1.165, 1.54) is 30.6 Å². The summed E-state index contributed by atoms with van der Waals surface area (Å²) in [6.45, 7) is 0.304. The summed E-state index contributed by atoms with van der Waals surface area (Å²) in [4.78, 5) is 12.4. The Bertz CT molecular complexity index is 737. The molecule has 112 valence electrons. The highest BCUT2D eigenvalue weighted by molar-refractivity contribution is 7.11. The summed E-state index contributed by atoms with van der Waals surface area (Å²) in [5.41, 5.74) is 1.03. The van der Waals surface area contributed by atoms with Crippen LogP contribution in [0.2, 0.25) is 0 Å². The van der Waals surface area contributed by atoms with Crippen molar-refractivity contribution in [3.05, 3.63) is 70.4 Å². The van der Waals surface area contributed by atoms with E-state index < -0.39 is 0 Å². The van der Waals surface area contributed by atoms with Gasteiger partial charge in [0.1, 0.15) is 11.5 Å². The number of thiophene rings is 1. The van der Waals surface area contributed by atoms with Crippen molar-refractivity contribution < 1.29 is 9.53 Å². The van der Waals surface area contributed by atoms with Gasteiger partial charge in [0, 0.05) is 0 Å². The number of hydrogen-bond acceptors (Lipinski definition) is 3. The number of hydrogen-bond donors (Lipinski definition) is 0. The molecule has 3 aromatic rings. The molecule has 0 saturated heterocycles. The van der Waals surface area contributed by atoms with E-state index >= 15 is 0 Å². The molecule has 1 saturated carbocycles. The predicted octanol–water partition coefficient (Wildman–Crippen LogP) is 5.43. The molecule has 1 aliphatic rings. The second kappa shape index (κ2) is 7.23. The van der Waals surface area contributed by atoms with Gasteiger partial charge in [0.15, 0.2) is 0 Å². The molecule has 0 radical (unpaired) electrons. The summed E-state index contributed by atoms with van der Waals surface area (Å²) in [5.74, 6) is -0.261. The molecular formula is C19H18O2S. The molecule has 4 rings (SSSR count). The second-order valence-corrected chi connectivity index (χ2v) is 6.20. The van der Waals surface area contributed by atoms with E-state index in [0.29, 0.717) is 11.5 Å². The van der Waals surface area contributed by atoms with Crippen LogP contribution in [0, 0.1) is 0 Å². The van der Waals surface area contributed by atoms with Gasteiger partial charge in [-0.15, -0.1) is 11.3 Å². The summed E-state index contributed by atoms with van der Waals surface area (Å²) in [5, 5.41) is 4.16. The van der Waals surface area contributed by atoms with E-state index in [0.717, 1.165) is 16.3 Å². The summed E-state index contributed by atoms with van der Waals surface area (Å²) in [6.07, 6.45) is 4.50. The molecule has 22 heavy (non-hydrogen) atoms. The van der Waals surface area contributed by atoms with Gasteiger partial charge in [-0.3, -0.25) is 0 Å². The first-order valence-electron chi connectivity index (χ1n) is 7.52. The number of benzene rings is 2. The highest BCUT2D eigenvalue weighted by atomic mass is 32.1. The van der Waals surface area contributed by atoms with E-state index in [4.69, 9.17) is 4.74 Å². The number of ether oxygens (including phenoxy) is 1. The third-order valence-electron chi connectivity index (χ3n) is 3.31. The minimum atomic E-state index is -0.261. The topological polar surface area (TPSA) is 26.3 Å². The molecule has 0 spiro atoms. The lowest BCUT2D eigenvalue weighted by atomic mass is 10.1. The van der Waals surface area contributed by atoms with Crippen molar-refractivity contribution in [1.29, 1.82) is 0 Å². The zero-order chi connectivity index (χ0) is 15.2. The van der Waals surface area contributed by atoms with Crippen molar-refractivity contribution in [2.45, 2.75) is 25.9 Å². The monoisotopic (exact) mass is 310 g/mol. The Morgan fingerprint density at radius 3 is 2.45 bits per heavy atom. The fourth-order valence-electron chi connectivity index (χ4n) is 2.03. The fourth-order valence-corrected chi connectivity index (χ4v) is 2.64. The van der Waals surface area contributed by atoms with Crippen LogP contribution in [0.4, 0.5) is 0 Å². The van der Waals surface area contributed by atoms with Crippen molar-refractivity contribution in [1.82, 2.24) is 0 Å². The van der Waals surface area contributed by atoms with Gasteiger partial charge in [-0.25, -0.2) is 4.79 Å². The van der Waals surface area contributed by atoms with Crippen LogP contribution in [0.25, 0.3) is 10.8 Å². The van der Waals surface area contributed by atoms with Crippen LogP contribution in [0.15, 0.2) is 60.0 Å². The first-order chi connectivity index (χ1) is 10.8. The maximum atomic E-state index is 11.8. The maximum absolute atomic E-state index is 11.8. The quantitative estimate of drug-likeness (QED) is 0.603. The van der Waals surface area contributed by atoms with Crippen molar-refractivity contribution in [2.24, 2.45) is 0 Å². The Morgan fingerprint density at radius 1 is 0.955 bits per heavy atom. The Kier molecular flexibility index (Phi) is 4.86. The molecular weight excluding hydrogens is 292 g/mol. The van der Waals surface area contributed by atoms with Gasteiger partial charge in [0.25, 0.3) is 0 Å². The van der Waals surface area contributed by atoms with Gasteiger partial charge in [-0.2, -0.15) is 0 Å². The predicted molar refractivity (Wildman–Crippen MR) is 91.2 cm³/mol. The van der Waals surface area contributed by atoms with E-state index in [1.54, 1.807) is 6.07 Å². The normalized spacial score (nSPS) is 12.4. The number of fused-ring (bicyclic) bond motifs is 1. The minimum Gasteiger partial charge on any atom is -0.457 e. The van der Waals surface area contributed by atoms with Gasteiger partial charge in [-0.05, 0) is 27.8 Å². The van der Waals surface area contributed by atoms with Crippen molar-refractivity contribution in [3.8, 4) is 0 Å². The number of carbonyl (C=O) groups excluding carboxylic acids is 1. The zero-order valence-corrected chi connectivity index (χ0v) is 13.1. The highest BCUT2D eigenvalue weighted by Crippen LogP contribution is 2.20. The van der Waals surface area contributed by atoms with Crippen LogP contribution in [0.1, 0.15) is 34.5 Å². The lowest BCUT2D eigenvalue weighted by Crippen LogP contribution is -2.03. The van der Waals surface area contributed by atoms with Crippen molar-refractivity contribution >= 4 is 28.1 Å². The van der Waals surface area contributed by atoms with Crippen LogP contribution in [0.5, 0.6) is 0 Å². The SMILES string of the molecule is C1CC1.O=C(OCc1cccc2ccccc12)c1cccs1. The third kappa shape index (κ3) is 3.95. The number of carbonyl (C=O) groups is 1. The lowest BCUT2D eigenvalue weighted by molar-refractivity contribution is 0.0480. The summed E-state index contributed by atoms with van der Waals surface area (Å²) < 4.78 is 5.35. The molecule has 0 amide bonds. The maximum Gasteiger partial charge on any atom is 0.348 e. The van der Waals surface area contributed by atoms with E-state index in [-0.39, 0.29) is 5.97 Å². The summed E-state index contributed by atoms with van der Waals surface area (Å²) >= 11 is 1.40. The molecule has 2 aromatic carbocycles. The Morgan fingerprint density at radius 2 is 1.73 bits per heavy atom. The first kappa shape index (κ1) is 14.8. The first-order valence-corrected chi connectivity index (χ1v) is 8.40. The van der Waals surface area contributed by atoms with Crippen molar-refractivity contribution in [3.63, 3.8) is 0 Å². The van der Waals surface area contributed by atoms with Crippen LogP contribution in [-0.4, -0.2) is 5.97 Å². The largest absolute Gasteiger partial charge is 0.457 e. The van der Waals surface area contributed by atoms with E-state index in [2.05, 4.69) is 12.1 Å². The number of esters is 1. The van der Waals surface area contributed by atoms with Crippen LogP contribution < -0.4 is 0 Å². The molecule has 1 heterocycles. The molecule has 1 aromatic heterocycles. The molecule has 0 unspecified atom stereocenters. The molecule has 3 heteroatoms. The molecule has 0 atom stereocenters. The minimum absolute atomic E-state index is 0.261. The van der Waals surface area contributed by atoms with Crippen LogP contribution >= 0.6 is 11.3 Å². The second-order valence-electron chi connectivity index (χ2n) is 5.25. The van der Waals surface area contributed by atoms with Gasteiger partial charge in [-0.1, -0.05) is 67.8 Å². The fraction of sp³-hybridized carbons (Fsp3) is 0.211. The molecule has 0 bridgehead atoms. The van der Waals surface area contributed by atoms with Gasteiger partial charge in [0.05, 0.1) is 0 Å². The standard InChI is InChI=1S/C16H12O2S.C3H6/c17-16(15-9-4-10-19-15)18-11-13-7-3-6-12-5-1-2-8-14(12)13;1-2-3-1/h1-10H,11H2;1-3H2. The Hall–Kier alpha value is -2.13. The van der Waals surface area contributed by atoms with Gasteiger partial charge < -0.3 is 4.74 Å². The molecule has 1 fully saturated rings. The molecule has 2 nitrogen and oxygen atoms in total. The van der Waals surface area contributed by atoms with Crippen LogP contribution in [-0.2, 0) is 11.3 Å². The van der Waals surface area contributed by atoms with Gasteiger partial charge >= 0.3 is 5.97 Å².